The lowest BCUT2D eigenvalue weighted by Crippen LogP contribution is -1.98. The van der Waals surface area contributed by atoms with Crippen LogP contribution < -0.4 is 0 Å². The second-order valence-electron chi connectivity index (χ2n) is 27.3. The topological polar surface area (TPSA) is 9.86 Å². The van der Waals surface area contributed by atoms with Gasteiger partial charge in [-0.25, -0.2) is 0 Å². The standard InChI is InChI=1S/C87H60N2S2.C8H10/c1-3-19-70-74-31-17-29-72(86(74)90-84(70)4-2)62-25-15-27-64-76-48-52(38-40-54(76)50-78(62)64)56-42-58(46-60(44-56)88-80-33-10-5-20-66(80)67-21-6-11-34-81(67)88)59-43-57(45-61(47-59)89-82-35-12-7-22-68(82)69-23-8-13-36-83(69)89)53-39-41-55-51-79-63(26-16-28-65(79)77(55)49-53)73-30-18-32-75-71-24-9-14-37-85(71)91-87(73)75;1-7-5-3-4-6-8(7)2/h4-8,10-18,20-23,25-49H,2-3,9,19,24,50-51H2,1H3;3-6,8H,1H2,2H3. The minimum absolute atomic E-state index is 0.542. The quantitative estimate of drug-likeness (QED) is 0.129. The maximum atomic E-state index is 4.26. The molecule has 1 atom stereocenters. The van der Waals surface area contributed by atoms with Crippen LogP contribution in [0.2, 0.25) is 0 Å². The predicted molar refractivity (Wildman–Crippen MR) is 428 cm³/mol. The van der Waals surface area contributed by atoms with E-state index in [1.165, 1.54) is 179 Å². The molecule has 0 radical (unpaired) electrons. The van der Waals surface area contributed by atoms with Gasteiger partial charge in [0.25, 0.3) is 0 Å². The fraction of sp³-hybridized carbons (Fsp3) is 0.0947. The number of fused-ring (bicyclic) bond motifs is 16. The fourth-order valence-corrected chi connectivity index (χ4v) is 19.3. The molecule has 16 aromatic rings. The summed E-state index contributed by atoms with van der Waals surface area (Å²) in [5, 5.41) is 7.78. The molecular weight excluding hydrogens is 1230 g/mol. The minimum atomic E-state index is 0.542. The van der Waals surface area contributed by atoms with Crippen molar-refractivity contribution in [2.75, 3.05) is 0 Å². The number of benzene rings is 12. The average molecular weight is 1300 g/mol. The third kappa shape index (κ3) is 9.71. The molecule has 0 spiro atoms. The molecule has 0 bridgehead atoms. The fourth-order valence-electron chi connectivity index (χ4n) is 16.8. The van der Waals surface area contributed by atoms with Gasteiger partial charge < -0.3 is 9.13 Å². The van der Waals surface area contributed by atoms with E-state index in [4.69, 9.17) is 0 Å². The molecule has 472 valence electrons. The summed E-state index contributed by atoms with van der Waals surface area (Å²) in [6.07, 6.45) is 21.2. The molecule has 0 saturated heterocycles. The van der Waals surface area contributed by atoms with Gasteiger partial charge in [0.2, 0.25) is 0 Å². The lowest BCUT2D eigenvalue weighted by atomic mass is 9.92. The normalized spacial score (nSPS) is 14.1. The number of aryl methyl sites for hydroxylation is 2. The van der Waals surface area contributed by atoms with E-state index in [1.54, 1.807) is 0 Å². The highest BCUT2D eigenvalue weighted by Gasteiger charge is 2.28. The van der Waals surface area contributed by atoms with Crippen molar-refractivity contribution in [3.63, 3.8) is 0 Å². The summed E-state index contributed by atoms with van der Waals surface area (Å²) in [5.41, 5.74) is 34.5. The Morgan fingerprint density at radius 3 is 1.34 bits per heavy atom. The van der Waals surface area contributed by atoms with Crippen molar-refractivity contribution in [3.05, 3.63) is 335 Å². The van der Waals surface area contributed by atoms with E-state index < -0.39 is 0 Å². The van der Waals surface area contributed by atoms with Gasteiger partial charge in [-0.1, -0.05) is 240 Å². The number of rotatable bonds is 10. The Hall–Kier alpha value is -11.1. The average Bonchev–Trinajstić information content (AvgIpc) is 1.63. The van der Waals surface area contributed by atoms with E-state index in [1.807, 2.05) is 34.8 Å². The largest absolute Gasteiger partial charge is 0.309 e. The van der Waals surface area contributed by atoms with Gasteiger partial charge in [-0.2, -0.15) is 0 Å². The Kier molecular flexibility index (Phi) is 14.2. The van der Waals surface area contributed by atoms with Crippen LogP contribution in [0.15, 0.2) is 292 Å². The van der Waals surface area contributed by atoms with Crippen LogP contribution in [0.25, 0.3) is 165 Å². The van der Waals surface area contributed by atoms with Crippen LogP contribution in [-0.4, -0.2) is 9.13 Å². The first kappa shape index (κ1) is 59.2. The SMILES string of the molecule is C=C1C=CC=CC1C.C=Cc1sc2c(-c3cccc4c3Cc3ccc(-c5cc(-c6cc(-c7ccc8c(c7)-c7cccc(-c9cccc%10c%11c(sc9%10)C=CCC%11)c7C8)cc(-n7c8ccccc8c8ccccc87)c6)cc(-n6c7ccccc7c7ccccc76)c5)cc3-4)cccc2c1CCC. The summed E-state index contributed by atoms with van der Waals surface area (Å²) in [4.78, 5) is 2.71. The Labute approximate surface area is 586 Å². The Morgan fingerprint density at radius 2 is 0.869 bits per heavy atom. The maximum Gasteiger partial charge on any atom is 0.0541 e. The monoisotopic (exact) mass is 1300 g/mol. The Bertz CT molecular complexity index is 6090. The second-order valence-corrected chi connectivity index (χ2v) is 29.4. The zero-order chi connectivity index (χ0) is 66.0. The maximum absolute atomic E-state index is 4.26. The van der Waals surface area contributed by atoms with Gasteiger partial charge in [0.1, 0.15) is 0 Å². The first-order valence-electron chi connectivity index (χ1n) is 35.0. The van der Waals surface area contributed by atoms with Gasteiger partial charge in [-0.3, -0.25) is 0 Å². The molecule has 99 heavy (non-hydrogen) atoms. The molecule has 2 nitrogen and oxygen atoms in total. The highest BCUT2D eigenvalue weighted by molar-refractivity contribution is 7.21. The molecular formula is C95H70N2S2. The van der Waals surface area contributed by atoms with Crippen LogP contribution >= 0.6 is 22.7 Å². The molecule has 1 unspecified atom stereocenters. The number of thiophene rings is 2. The molecule has 0 saturated carbocycles. The number of allylic oxidation sites excluding steroid dienone is 6. The molecule has 0 N–H and O–H groups in total. The zero-order valence-electron chi connectivity index (χ0n) is 55.6. The van der Waals surface area contributed by atoms with Gasteiger partial charge >= 0.3 is 0 Å². The first-order valence-corrected chi connectivity index (χ1v) is 36.7. The highest BCUT2D eigenvalue weighted by atomic mass is 32.1. The molecule has 4 aliphatic rings. The summed E-state index contributed by atoms with van der Waals surface area (Å²) in [6, 6.07) is 92.8. The summed E-state index contributed by atoms with van der Waals surface area (Å²) in [7, 11) is 0. The van der Waals surface area contributed by atoms with Crippen molar-refractivity contribution < 1.29 is 0 Å². The van der Waals surface area contributed by atoms with Crippen molar-refractivity contribution in [1.82, 2.24) is 9.13 Å². The second kappa shape index (κ2) is 23.8. The third-order valence-corrected chi connectivity index (χ3v) is 24.1. The summed E-state index contributed by atoms with van der Waals surface area (Å²) >= 11 is 3.86. The Morgan fingerprint density at radius 1 is 0.424 bits per heavy atom. The van der Waals surface area contributed by atoms with Crippen LogP contribution in [0.5, 0.6) is 0 Å². The van der Waals surface area contributed by atoms with E-state index >= 15 is 0 Å². The number of para-hydroxylation sites is 4. The van der Waals surface area contributed by atoms with Gasteiger partial charge in [0, 0.05) is 52.1 Å². The van der Waals surface area contributed by atoms with Crippen molar-refractivity contribution in [1.29, 1.82) is 0 Å². The summed E-state index contributed by atoms with van der Waals surface area (Å²) in [6.45, 7) is 12.5. The van der Waals surface area contributed by atoms with Crippen LogP contribution in [-0.2, 0) is 25.7 Å². The van der Waals surface area contributed by atoms with E-state index in [0.29, 0.717) is 5.92 Å². The van der Waals surface area contributed by atoms with Gasteiger partial charge in [0.15, 0.2) is 0 Å². The smallest absolute Gasteiger partial charge is 0.0541 e. The molecule has 0 amide bonds. The minimum Gasteiger partial charge on any atom is -0.309 e. The molecule has 0 fully saturated rings. The zero-order valence-corrected chi connectivity index (χ0v) is 57.2. The summed E-state index contributed by atoms with van der Waals surface area (Å²) < 4.78 is 7.76. The summed E-state index contributed by atoms with van der Waals surface area (Å²) in [5.74, 6) is 0.542. The van der Waals surface area contributed by atoms with Gasteiger partial charge in [0.05, 0.1) is 22.1 Å². The van der Waals surface area contributed by atoms with Crippen LogP contribution in [0.3, 0.4) is 0 Å². The molecule has 4 aromatic heterocycles. The van der Waals surface area contributed by atoms with E-state index in [9.17, 15) is 0 Å². The van der Waals surface area contributed by atoms with Crippen LogP contribution in [0.1, 0.15) is 69.8 Å². The number of hydrogen-bond acceptors (Lipinski definition) is 2. The van der Waals surface area contributed by atoms with Crippen molar-refractivity contribution in [3.8, 4) is 89.3 Å². The molecule has 4 heteroatoms. The number of aromatic nitrogens is 2. The van der Waals surface area contributed by atoms with Crippen molar-refractivity contribution >= 4 is 98.6 Å². The lowest BCUT2D eigenvalue weighted by molar-refractivity contribution is 0.888. The number of hydrogen-bond donors (Lipinski definition) is 0. The van der Waals surface area contributed by atoms with Crippen LogP contribution in [0.4, 0.5) is 0 Å². The molecule has 0 aliphatic heterocycles. The van der Waals surface area contributed by atoms with Gasteiger partial charge in [-0.05, 0) is 245 Å². The highest BCUT2D eigenvalue weighted by Crippen LogP contribution is 2.51. The van der Waals surface area contributed by atoms with Gasteiger partial charge in [-0.15, -0.1) is 22.7 Å². The van der Waals surface area contributed by atoms with E-state index in [-0.39, 0.29) is 0 Å². The van der Waals surface area contributed by atoms with Crippen molar-refractivity contribution in [2.24, 2.45) is 5.92 Å². The predicted octanol–water partition coefficient (Wildman–Crippen LogP) is 26.6. The van der Waals surface area contributed by atoms with E-state index in [0.717, 1.165) is 61.0 Å². The molecule has 12 aromatic carbocycles. The van der Waals surface area contributed by atoms with Crippen molar-refractivity contribution in [2.45, 2.75) is 52.4 Å². The third-order valence-electron chi connectivity index (χ3n) is 21.6. The first-order chi connectivity index (χ1) is 48.8. The number of nitrogens with zero attached hydrogens (tertiary/aromatic N) is 2. The van der Waals surface area contributed by atoms with Crippen LogP contribution in [0, 0.1) is 5.92 Å². The molecule has 4 heterocycles. The molecule has 4 aliphatic carbocycles. The Balaban J connectivity index is 0.000000802. The lowest BCUT2D eigenvalue weighted by Gasteiger charge is -2.17. The van der Waals surface area contributed by atoms with E-state index in [2.05, 4.69) is 309 Å². The molecule has 20 rings (SSSR count).